The third-order valence-electron chi connectivity index (χ3n) is 2.92. The molecule has 0 saturated carbocycles. The van der Waals surface area contributed by atoms with Gasteiger partial charge in [-0.15, -0.1) is 0 Å². The maximum atomic E-state index is 5.99. The minimum atomic E-state index is 0.278. The van der Waals surface area contributed by atoms with Gasteiger partial charge >= 0.3 is 0 Å². The van der Waals surface area contributed by atoms with Gasteiger partial charge in [-0.25, -0.2) is 4.98 Å². The molecule has 0 bridgehead atoms. The van der Waals surface area contributed by atoms with Crippen molar-refractivity contribution >= 4 is 5.69 Å². The van der Waals surface area contributed by atoms with Crippen molar-refractivity contribution in [3.8, 4) is 34.6 Å². The average molecular weight is 287 g/mol. The summed E-state index contributed by atoms with van der Waals surface area (Å²) >= 11 is 0. The van der Waals surface area contributed by atoms with E-state index in [1.54, 1.807) is 38.7 Å². The van der Waals surface area contributed by atoms with E-state index >= 15 is 0 Å². The molecule has 2 heterocycles. The minimum Gasteiger partial charge on any atom is -0.493 e. The van der Waals surface area contributed by atoms with Gasteiger partial charge in [0, 0.05) is 24.1 Å². The van der Waals surface area contributed by atoms with Crippen molar-refractivity contribution in [2.75, 3.05) is 20.0 Å². The maximum Gasteiger partial charge on any atom is 0.260 e. The van der Waals surface area contributed by atoms with Crippen molar-refractivity contribution in [2.45, 2.75) is 0 Å². The number of nitrogens with two attached hydrogens (primary N) is 1. The van der Waals surface area contributed by atoms with Gasteiger partial charge in [0.05, 0.1) is 19.8 Å². The lowest BCUT2D eigenvalue weighted by Crippen LogP contribution is -1.96. The first kappa shape index (κ1) is 13.0. The quantitative estimate of drug-likeness (QED) is 0.702. The molecule has 0 spiro atoms. The molecule has 1 aromatic carbocycles. The first-order valence-electron chi connectivity index (χ1n) is 6.08. The number of H-pyrrole nitrogens is 1. The molecule has 21 heavy (non-hydrogen) atoms. The van der Waals surface area contributed by atoms with Crippen LogP contribution >= 0.6 is 0 Å². The summed E-state index contributed by atoms with van der Waals surface area (Å²) in [4.78, 5) is 11.2. The molecule has 0 unspecified atom stereocenters. The van der Waals surface area contributed by atoms with Crippen molar-refractivity contribution in [1.82, 2.24) is 20.1 Å². The van der Waals surface area contributed by atoms with Gasteiger partial charge in [0.2, 0.25) is 5.82 Å². The molecule has 108 valence electrons. The van der Waals surface area contributed by atoms with E-state index in [4.69, 9.17) is 19.7 Å². The van der Waals surface area contributed by atoms with Gasteiger partial charge in [-0.3, -0.25) is 0 Å². The first-order chi connectivity index (χ1) is 10.2. The number of nitrogens with zero attached hydrogens (tertiary/aromatic N) is 3. The summed E-state index contributed by atoms with van der Waals surface area (Å²) in [5.41, 5.74) is 7.01. The van der Waals surface area contributed by atoms with Crippen LogP contribution < -0.4 is 15.2 Å². The predicted molar refractivity (Wildman–Crippen MR) is 74.8 cm³/mol. The lowest BCUT2D eigenvalue weighted by Gasteiger charge is -2.10. The number of nitrogen functional groups attached to an aromatic ring is 1. The number of aromatic nitrogens is 4. The lowest BCUT2D eigenvalue weighted by molar-refractivity contribution is 0.355. The number of hydrogen-bond donors (Lipinski definition) is 2. The van der Waals surface area contributed by atoms with E-state index in [-0.39, 0.29) is 5.89 Å². The van der Waals surface area contributed by atoms with Crippen molar-refractivity contribution < 1.29 is 14.0 Å². The summed E-state index contributed by atoms with van der Waals surface area (Å²) in [5.74, 6) is 2.21. The Balaban J connectivity index is 2.04. The molecule has 0 fully saturated rings. The molecule has 3 N–H and O–H groups in total. The molecule has 8 nitrogen and oxygen atoms in total. The highest BCUT2D eigenvalue weighted by Gasteiger charge is 2.17. The van der Waals surface area contributed by atoms with Crippen LogP contribution in [0.4, 0.5) is 5.69 Å². The Labute approximate surface area is 119 Å². The Morgan fingerprint density at radius 2 is 1.95 bits per heavy atom. The van der Waals surface area contributed by atoms with Crippen LogP contribution in [0, 0.1) is 0 Å². The number of anilines is 1. The zero-order valence-electron chi connectivity index (χ0n) is 11.5. The Hall–Kier alpha value is -3.03. The van der Waals surface area contributed by atoms with Crippen LogP contribution in [-0.4, -0.2) is 34.3 Å². The summed E-state index contributed by atoms with van der Waals surface area (Å²) in [7, 11) is 3.08. The van der Waals surface area contributed by atoms with Crippen LogP contribution in [0.15, 0.2) is 29.0 Å². The van der Waals surface area contributed by atoms with Gasteiger partial charge in [0.25, 0.3) is 5.89 Å². The molecule has 2 aromatic heterocycles. The number of ether oxygens (including phenoxy) is 2. The fourth-order valence-corrected chi connectivity index (χ4v) is 1.90. The Morgan fingerprint density at radius 1 is 1.19 bits per heavy atom. The van der Waals surface area contributed by atoms with Crippen LogP contribution in [0.2, 0.25) is 0 Å². The van der Waals surface area contributed by atoms with Crippen molar-refractivity contribution in [2.24, 2.45) is 0 Å². The molecule has 0 aliphatic heterocycles. The maximum absolute atomic E-state index is 5.99. The van der Waals surface area contributed by atoms with Gasteiger partial charge in [-0.1, -0.05) is 5.16 Å². The molecule has 3 rings (SSSR count). The second-order valence-electron chi connectivity index (χ2n) is 4.16. The molecular formula is C13H13N5O3. The van der Waals surface area contributed by atoms with Crippen LogP contribution in [0.1, 0.15) is 0 Å². The highest BCUT2D eigenvalue weighted by Crippen LogP contribution is 2.36. The molecule has 0 aliphatic carbocycles. The van der Waals surface area contributed by atoms with E-state index in [0.717, 1.165) is 0 Å². The molecule has 0 saturated heterocycles. The van der Waals surface area contributed by atoms with Crippen molar-refractivity contribution in [3.05, 3.63) is 24.5 Å². The van der Waals surface area contributed by atoms with Crippen LogP contribution in [0.3, 0.4) is 0 Å². The Kier molecular flexibility index (Phi) is 3.19. The third kappa shape index (κ3) is 2.27. The second kappa shape index (κ2) is 5.16. The summed E-state index contributed by atoms with van der Waals surface area (Å²) in [5, 5.41) is 3.87. The molecule has 0 amide bonds. The zero-order chi connectivity index (χ0) is 14.8. The van der Waals surface area contributed by atoms with E-state index in [1.165, 1.54) is 0 Å². The highest BCUT2D eigenvalue weighted by molar-refractivity contribution is 5.75. The van der Waals surface area contributed by atoms with Crippen molar-refractivity contribution in [3.63, 3.8) is 0 Å². The number of nitrogens with one attached hydrogen (secondary N) is 1. The standard InChI is InChI=1S/C13H13N5O3/c1-19-9-5-7(8(14)6-10(9)20-2)13-17-12(18-21-13)11-15-3-4-16-11/h3-6H,14H2,1-2H3,(H,15,16). The number of methoxy groups -OCH3 is 2. The number of benzene rings is 1. The van der Waals surface area contributed by atoms with Gasteiger partial charge < -0.3 is 24.7 Å². The fraction of sp³-hybridized carbons (Fsp3) is 0.154. The number of hydrogen-bond acceptors (Lipinski definition) is 7. The van der Waals surface area contributed by atoms with E-state index in [0.29, 0.717) is 34.4 Å². The van der Waals surface area contributed by atoms with Gasteiger partial charge in [0.1, 0.15) is 0 Å². The molecule has 3 aromatic rings. The van der Waals surface area contributed by atoms with Gasteiger partial charge in [-0.05, 0) is 6.07 Å². The Morgan fingerprint density at radius 3 is 2.62 bits per heavy atom. The summed E-state index contributed by atoms with van der Waals surface area (Å²) < 4.78 is 15.7. The summed E-state index contributed by atoms with van der Waals surface area (Å²) in [6.45, 7) is 0. The number of imidazole rings is 1. The third-order valence-corrected chi connectivity index (χ3v) is 2.92. The first-order valence-corrected chi connectivity index (χ1v) is 6.08. The normalized spacial score (nSPS) is 10.6. The minimum absolute atomic E-state index is 0.278. The zero-order valence-corrected chi connectivity index (χ0v) is 11.5. The number of rotatable bonds is 4. The molecule has 8 heteroatoms. The van der Waals surface area contributed by atoms with E-state index in [9.17, 15) is 0 Å². The van der Waals surface area contributed by atoms with E-state index in [2.05, 4.69) is 20.1 Å². The molecule has 0 aliphatic rings. The van der Waals surface area contributed by atoms with E-state index < -0.39 is 0 Å². The van der Waals surface area contributed by atoms with Gasteiger partial charge in [0.15, 0.2) is 17.3 Å². The summed E-state index contributed by atoms with van der Waals surface area (Å²) in [6, 6.07) is 3.33. The predicted octanol–water partition coefficient (Wildman–Crippen LogP) is 1.73. The molecular weight excluding hydrogens is 274 g/mol. The summed E-state index contributed by atoms with van der Waals surface area (Å²) in [6.07, 6.45) is 3.28. The molecule has 0 atom stereocenters. The van der Waals surface area contributed by atoms with Crippen LogP contribution in [0.25, 0.3) is 23.1 Å². The topological polar surface area (TPSA) is 112 Å². The Bertz CT molecular complexity index is 751. The van der Waals surface area contributed by atoms with Crippen LogP contribution in [-0.2, 0) is 0 Å². The smallest absolute Gasteiger partial charge is 0.260 e. The van der Waals surface area contributed by atoms with Gasteiger partial charge in [-0.2, -0.15) is 4.98 Å². The fourth-order valence-electron chi connectivity index (χ4n) is 1.90. The number of aromatic amines is 1. The van der Waals surface area contributed by atoms with Crippen LogP contribution in [0.5, 0.6) is 11.5 Å². The average Bonchev–Trinajstić information content (AvgIpc) is 3.17. The van der Waals surface area contributed by atoms with Crippen molar-refractivity contribution in [1.29, 1.82) is 0 Å². The lowest BCUT2D eigenvalue weighted by atomic mass is 10.1. The van der Waals surface area contributed by atoms with E-state index in [1.807, 2.05) is 0 Å². The largest absolute Gasteiger partial charge is 0.493 e. The SMILES string of the molecule is COc1cc(N)c(-c2nc(-c3ncc[nH]3)no2)cc1OC. The second-order valence-corrected chi connectivity index (χ2v) is 4.16. The monoisotopic (exact) mass is 287 g/mol. The molecule has 0 radical (unpaired) electrons. The highest BCUT2D eigenvalue weighted by atomic mass is 16.5.